The highest BCUT2D eigenvalue weighted by molar-refractivity contribution is 5.79. The maximum Gasteiger partial charge on any atom is 0.260 e. The smallest absolute Gasteiger partial charge is 0.260 e. The van der Waals surface area contributed by atoms with E-state index in [1.165, 1.54) is 5.56 Å². The van der Waals surface area contributed by atoms with E-state index in [-0.39, 0.29) is 12.5 Å². The van der Waals surface area contributed by atoms with E-state index < -0.39 is 0 Å². The van der Waals surface area contributed by atoms with Crippen molar-refractivity contribution in [2.75, 3.05) is 39.7 Å². The van der Waals surface area contributed by atoms with Gasteiger partial charge in [-0.3, -0.25) is 4.79 Å². The molecule has 3 aromatic rings. The zero-order valence-electron chi connectivity index (χ0n) is 20.8. The van der Waals surface area contributed by atoms with Crippen molar-refractivity contribution < 1.29 is 28.5 Å². The van der Waals surface area contributed by atoms with Crippen molar-refractivity contribution in [2.24, 2.45) is 5.92 Å². The van der Waals surface area contributed by atoms with Gasteiger partial charge in [0.25, 0.3) is 5.91 Å². The standard InChI is InChI=1S/C30H31NO6/c32-30(31-13-11-21(12-14-31)5-6-22-7-9-27-28(17-22)37-20-36-27)19-35-25-4-2-1-3-24(25)23-8-10-26-29(18-23)34-16-15-33-26/h1-4,7-10,17-18,21H,5-6,11-16,19-20H2. The first kappa shape index (κ1) is 23.5. The number of aryl methyl sites for hydroxylation is 1. The van der Waals surface area contributed by atoms with Gasteiger partial charge in [-0.15, -0.1) is 0 Å². The van der Waals surface area contributed by atoms with Crippen LogP contribution in [0.4, 0.5) is 0 Å². The normalized spacial score (nSPS) is 16.5. The number of rotatable bonds is 7. The lowest BCUT2D eigenvalue weighted by atomic mass is 9.90. The molecule has 0 aliphatic carbocycles. The third-order valence-electron chi connectivity index (χ3n) is 7.34. The topological polar surface area (TPSA) is 66.5 Å². The first-order valence-electron chi connectivity index (χ1n) is 13.0. The van der Waals surface area contributed by atoms with Crippen LogP contribution in [0.5, 0.6) is 28.7 Å². The second-order valence-electron chi connectivity index (χ2n) is 9.69. The molecule has 1 saturated heterocycles. The SMILES string of the molecule is O=C(COc1ccccc1-c1ccc2c(c1)OCCO2)N1CCC(CCc2ccc3c(c2)OCO3)CC1. The Kier molecular flexibility index (Phi) is 6.76. The summed E-state index contributed by atoms with van der Waals surface area (Å²) in [4.78, 5) is 14.9. The highest BCUT2D eigenvalue weighted by Gasteiger charge is 2.24. The van der Waals surface area contributed by atoms with Crippen molar-refractivity contribution in [2.45, 2.75) is 25.7 Å². The Labute approximate surface area is 216 Å². The van der Waals surface area contributed by atoms with Crippen molar-refractivity contribution in [3.8, 4) is 39.9 Å². The van der Waals surface area contributed by atoms with E-state index >= 15 is 0 Å². The Hall–Kier alpha value is -3.87. The molecule has 0 spiro atoms. The predicted octanol–water partition coefficient (Wildman–Crippen LogP) is 5.10. The van der Waals surface area contributed by atoms with Gasteiger partial charge in [0.05, 0.1) is 0 Å². The number of likely N-dealkylation sites (tertiary alicyclic amines) is 1. The molecule has 0 saturated carbocycles. The van der Waals surface area contributed by atoms with Gasteiger partial charge in [-0.2, -0.15) is 0 Å². The molecule has 3 heterocycles. The van der Waals surface area contributed by atoms with Crippen LogP contribution < -0.4 is 23.7 Å². The number of para-hydroxylation sites is 1. The lowest BCUT2D eigenvalue weighted by Gasteiger charge is -2.32. The highest BCUT2D eigenvalue weighted by Crippen LogP contribution is 2.38. The van der Waals surface area contributed by atoms with Gasteiger partial charge in [0.15, 0.2) is 29.6 Å². The minimum absolute atomic E-state index is 0.0312. The molecule has 0 bridgehead atoms. The number of fused-ring (bicyclic) bond motifs is 2. The number of carbonyl (C=O) groups excluding carboxylic acids is 1. The van der Waals surface area contributed by atoms with Crippen LogP contribution >= 0.6 is 0 Å². The average Bonchev–Trinajstić information content (AvgIpc) is 3.43. The van der Waals surface area contributed by atoms with Crippen molar-refractivity contribution >= 4 is 5.91 Å². The molecule has 3 aliphatic rings. The van der Waals surface area contributed by atoms with Crippen molar-refractivity contribution in [1.29, 1.82) is 0 Å². The fraction of sp³-hybridized carbons (Fsp3) is 0.367. The van der Waals surface area contributed by atoms with Gasteiger partial charge in [-0.1, -0.05) is 30.3 Å². The van der Waals surface area contributed by atoms with Crippen LogP contribution in [-0.4, -0.2) is 50.5 Å². The van der Waals surface area contributed by atoms with Gasteiger partial charge >= 0.3 is 0 Å². The predicted molar refractivity (Wildman–Crippen MR) is 139 cm³/mol. The molecule has 37 heavy (non-hydrogen) atoms. The molecule has 0 radical (unpaired) electrons. The Bertz CT molecular complexity index is 1270. The summed E-state index contributed by atoms with van der Waals surface area (Å²) in [5.74, 6) is 4.49. The van der Waals surface area contributed by atoms with Gasteiger partial charge in [0.2, 0.25) is 6.79 Å². The number of amides is 1. The second kappa shape index (κ2) is 10.6. The molecule has 0 atom stereocenters. The molecule has 0 aromatic heterocycles. The Morgan fingerprint density at radius 1 is 0.838 bits per heavy atom. The highest BCUT2D eigenvalue weighted by atomic mass is 16.7. The lowest BCUT2D eigenvalue weighted by Crippen LogP contribution is -2.41. The molecule has 1 fully saturated rings. The van der Waals surface area contributed by atoms with Gasteiger partial charge < -0.3 is 28.6 Å². The molecular weight excluding hydrogens is 470 g/mol. The number of benzene rings is 3. The summed E-state index contributed by atoms with van der Waals surface area (Å²) in [7, 11) is 0. The summed E-state index contributed by atoms with van der Waals surface area (Å²) in [6.07, 6.45) is 4.16. The largest absolute Gasteiger partial charge is 0.486 e. The lowest BCUT2D eigenvalue weighted by molar-refractivity contribution is -0.134. The Morgan fingerprint density at radius 2 is 1.57 bits per heavy atom. The van der Waals surface area contributed by atoms with E-state index in [9.17, 15) is 4.79 Å². The molecule has 3 aliphatic heterocycles. The molecule has 0 unspecified atom stereocenters. The molecular formula is C30H31NO6. The van der Waals surface area contributed by atoms with Gasteiger partial charge in [0.1, 0.15) is 19.0 Å². The quantitative estimate of drug-likeness (QED) is 0.449. The van der Waals surface area contributed by atoms with Crippen LogP contribution in [0.15, 0.2) is 60.7 Å². The van der Waals surface area contributed by atoms with Crippen LogP contribution in [-0.2, 0) is 11.2 Å². The van der Waals surface area contributed by atoms with Gasteiger partial charge in [-0.25, -0.2) is 0 Å². The van der Waals surface area contributed by atoms with Crippen molar-refractivity contribution in [3.63, 3.8) is 0 Å². The van der Waals surface area contributed by atoms with Crippen LogP contribution in [0.3, 0.4) is 0 Å². The third-order valence-corrected chi connectivity index (χ3v) is 7.34. The molecule has 7 nitrogen and oxygen atoms in total. The number of hydrogen-bond donors (Lipinski definition) is 0. The maximum atomic E-state index is 12.9. The minimum Gasteiger partial charge on any atom is -0.486 e. The summed E-state index contributed by atoms with van der Waals surface area (Å²) >= 11 is 0. The number of nitrogens with zero attached hydrogens (tertiary/aromatic N) is 1. The fourth-order valence-corrected chi connectivity index (χ4v) is 5.21. The second-order valence-corrected chi connectivity index (χ2v) is 9.69. The average molecular weight is 502 g/mol. The first-order chi connectivity index (χ1) is 18.2. The van der Waals surface area contributed by atoms with E-state index in [0.29, 0.717) is 31.7 Å². The van der Waals surface area contributed by atoms with E-state index in [0.717, 1.165) is 72.9 Å². The van der Waals surface area contributed by atoms with Gasteiger partial charge in [0, 0.05) is 18.7 Å². The van der Waals surface area contributed by atoms with Gasteiger partial charge in [-0.05, 0) is 73.1 Å². The molecule has 1 amide bonds. The maximum absolute atomic E-state index is 12.9. The van der Waals surface area contributed by atoms with E-state index in [2.05, 4.69) is 12.1 Å². The van der Waals surface area contributed by atoms with E-state index in [4.69, 9.17) is 23.7 Å². The molecule has 0 N–H and O–H groups in total. The van der Waals surface area contributed by atoms with E-state index in [1.807, 2.05) is 53.4 Å². The van der Waals surface area contributed by atoms with Crippen LogP contribution in [0.1, 0.15) is 24.8 Å². The summed E-state index contributed by atoms with van der Waals surface area (Å²) in [6.45, 7) is 2.99. The summed E-state index contributed by atoms with van der Waals surface area (Å²) < 4.78 is 28.3. The van der Waals surface area contributed by atoms with Crippen molar-refractivity contribution in [1.82, 2.24) is 4.90 Å². The van der Waals surface area contributed by atoms with Crippen molar-refractivity contribution in [3.05, 3.63) is 66.2 Å². The first-order valence-corrected chi connectivity index (χ1v) is 13.0. The molecule has 6 rings (SSSR count). The van der Waals surface area contributed by atoms with Crippen LogP contribution in [0.2, 0.25) is 0 Å². The number of piperidine rings is 1. The summed E-state index contributed by atoms with van der Waals surface area (Å²) in [6, 6.07) is 19.9. The zero-order chi connectivity index (χ0) is 25.0. The molecule has 192 valence electrons. The third kappa shape index (κ3) is 5.31. The monoisotopic (exact) mass is 501 g/mol. The summed E-state index contributed by atoms with van der Waals surface area (Å²) in [5, 5.41) is 0. The Balaban J connectivity index is 1.00. The molecule has 7 heteroatoms. The number of carbonyl (C=O) groups is 1. The number of hydrogen-bond acceptors (Lipinski definition) is 6. The van der Waals surface area contributed by atoms with E-state index in [1.54, 1.807) is 0 Å². The zero-order valence-corrected chi connectivity index (χ0v) is 20.8. The van der Waals surface area contributed by atoms with Crippen LogP contribution in [0.25, 0.3) is 11.1 Å². The summed E-state index contributed by atoms with van der Waals surface area (Å²) in [5.41, 5.74) is 3.16. The van der Waals surface area contributed by atoms with Crippen LogP contribution in [0, 0.1) is 5.92 Å². The molecule has 3 aromatic carbocycles. The minimum atomic E-state index is 0.0312. The Morgan fingerprint density at radius 3 is 2.46 bits per heavy atom. The number of ether oxygens (including phenoxy) is 5. The fourth-order valence-electron chi connectivity index (χ4n) is 5.21.